The molecule has 0 unspecified atom stereocenters. The van der Waals surface area contributed by atoms with E-state index in [9.17, 15) is 19.5 Å². The number of aryl methyl sites for hydroxylation is 1. The topological polar surface area (TPSA) is 120 Å². The number of benzene rings is 3. The number of rotatable bonds is 16. The van der Waals surface area contributed by atoms with Gasteiger partial charge in [-0.05, 0) is 75.3 Å². The Labute approximate surface area is 255 Å². The van der Waals surface area contributed by atoms with Crippen molar-refractivity contribution in [3.05, 3.63) is 95.6 Å². The molecule has 0 aliphatic carbocycles. The second-order valence-electron chi connectivity index (χ2n) is 11.6. The molecule has 3 aromatic rings. The fraction of sp³-hybridized carbons (Fsp3) is 0.400. The highest BCUT2D eigenvalue weighted by molar-refractivity contribution is 6.00. The van der Waals surface area contributed by atoms with Crippen LogP contribution in [0.3, 0.4) is 0 Å². The van der Waals surface area contributed by atoms with Crippen LogP contribution in [0.25, 0.3) is 11.1 Å². The molecule has 2 atom stereocenters. The largest absolute Gasteiger partial charge is 0.392 e. The first kappa shape index (κ1) is 33.5. The van der Waals surface area contributed by atoms with Gasteiger partial charge in [0.2, 0.25) is 11.8 Å². The lowest BCUT2D eigenvalue weighted by Crippen LogP contribution is -2.51. The summed E-state index contributed by atoms with van der Waals surface area (Å²) in [6, 6.07) is 24.6. The zero-order valence-corrected chi connectivity index (χ0v) is 25.8. The SMILES string of the molecule is CCNC(=O)c1ccccc1-c1ccc(CNC(=O)[C@@H](CCCc2ccccc2)NC(=O)CC(C)(C)NC[C@@H](C)O)cc1. The summed E-state index contributed by atoms with van der Waals surface area (Å²) in [7, 11) is 0. The van der Waals surface area contributed by atoms with Gasteiger partial charge in [0.05, 0.1) is 6.10 Å². The Morgan fingerprint density at radius 2 is 1.53 bits per heavy atom. The molecule has 0 fully saturated rings. The smallest absolute Gasteiger partial charge is 0.251 e. The summed E-state index contributed by atoms with van der Waals surface area (Å²) in [5.41, 5.74) is 3.93. The molecule has 8 heteroatoms. The molecule has 0 aliphatic rings. The van der Waals surface area contributed by atoms with Gasteiger partial charge in [0.15, 0.2) is 0 Å². The maximum Gasteiger partial charge on any atom is 0.251 e. The predicted octanol–water partition coefficient (Wildman–Crippen LogP) is 4.37. The standard InChI is InChI=1S/C35H46N4O4/c1-5-36-33(42)30-16-10-9-15-29(30)28-20-18-27(19-21-28)24-37-34(43)31(17-11-14-26-12-7-6-8-13-26)39-32(41)22-35(3,4)38-23-25(2)40/h6-10,12-13,15-16,18-21,25,31,38,40H,5,11,14,17,22-24H2,1-4H3,(H,36,42)(H,37,43)(H,39,41)/t25-,31-/m1/s1. The van der Waals surface area contributed by atoms with E-state index in [4.69, 9.17) is 0 Å². The minimum absolute atomic E-state index is 0.114. The number of hydrogen-bond donors (Lipinski definition) is 5. The van der Waals surface area contributed by atoms with Crippen LogP contribution >= 0.6 is 0 Å². The van der Waals surface area contributed by atoms with Gasteiger partial charge in [0.1, 0.15) is 6.04 Å². The fourth-order valence-corrected chi connectivity index (χ4v) is 4.86. The second-order valence-corrected chi connectivity index (χ2v) is 11.6. The third-order valence-electron chi connectivity index (χ3n) is 7.17. The van der Waals surface area contributed by atoms with E-state index in [2.05, 4.69) is 33.4 Å². The van der Waals surface area contributed by atoms with Gasteiger partial charge in [-0.25, -0.2) is 0 Å². The Kier molecular flexibility index (Phi) is 12.9. The van der Waals surface area contributed by atoms with Gasteiger partial charge in [0, 0.05) is 37.2 Å². The quantitative estimate of drug-likeness (QED) is 0.171. The van der Waals surface area contributed by atoms with E-state index >= 15 is 0 Å². The molecule has 43 heavy (non-hydrogen) atoms. The summed E-state index contributed by atoms with van der Waals surface area (Å²) in [5.74, 6) is -0.572. The molecule has 0 bridgehead atoms. The van der Waals surface area contributed by atoms with Gasteiger partial charge in [-0.1, -0.05) is 72.8 Å². The summed E-state index contributed by atoms with van der Waals surface area (Å²) in [6.45, 7) is 8.61. The number of aliphatic hydroxyl groups excluding tert-OH is 1. The van der Waals surface area contributed by atoms with Gasteiger partial charge in [-0.2, -0.15) is 0 Å². The van der Waals surface area contributed by atoms with Gasteiger partial charge in [-0.15, -0.1) is 0 Å². The zero-order chi connectivity index (χ0) is 31.2. The Hall–Kier alpha value is -4.01. The summed E-state index contributed by atoms with van der Waals surface area (Å²) >= 11 is 0. The molecule has 230 valence electrons. The number of β-amino-alcohol motifs (C(OH)–C–C–N with tert-alkyl or cyclic N) is 1. The fourth-order valence-electron chi connectivity index (χ4n) is 4.86. The maximum atomic E-state index is 13.3. The molecular formula is C35H46N4O4. The lowest BCUT2D eigenvalue weighted by molar-refractivity contribution is -0.130. The first-order valence-electron chi connectivity index (χ1n) is 15.1. The second kappa shape index (κ2) is 16.6. The van der Waals surface area contributed by atoms with Gasteiger partial charge >= 0.3 is 0 Å². The Bertz CT molecular complexity index is 1320. The predicted molar refractivity (Wildman–Crippen MR) is 171 cm³/mol. The van der Waals surface area contributed by atoms with Crippen LogP contribution in [-0.4, -0.2) is 53.6 Å². The number of hydrogen-bond acceptors (Lipinski definition) is 5. The van der Waals surface area contributed by atoms with Crippen LogP contribution in [0.4, 0.5) is 0 Å². The number of amides is 3. The minimum Gasteiger partial charge on any atom is -0.392 e. The third-order valence-corrected chi connectivity index (χ3v) is 7.17. The summed E-state index contributed by atoms with van der Waals surface area (Å²) in [4.78, 5) is 38.8. The number of nitrogens with one attached hydrogen (secondary N) is 4. The van der Waals surface area contributed by atoms with E-state index in [-0.39, 0.29) is 24.1 Å². The highest BCUT2D eigenvalue weighted by Gasteiger charge is 2.26. The van der Waals surface area contributed by atoms with Crippen LogP contribution in [0.1, 0.15) is 68.4 Å². The van der Waals surface area contributed by atoms with E-state index in [1.165, 1.54) is 5.56 Å². The molecule has 3 amide bonds. The molecule has 3 rings (SSSR count). The van der Waals surface area contributed by atoms with Crippen molar-refractivity contribution in [3.63, 3.8) is 0 Å². The Morgan fingerprint density at radius 1 is 0.860 bits per heavy atom. The molecular weight excluding hydrogens is 540 g/mol. The number of carbonyl (C=O) groups is 3. The van der Waals surface area contributed by atoms with Crippen molar-refractivity contribution >= 4 is 17.7 Å². The molecule has 0 aromatic heterocycles. The first-order chi connectivity index (χ1) is 20.6. The van der Waals surface area contributed by atoms with E-state index < -0.39 is 17.7 Å². The van der Waals surface area contributed by atoms with Crippen LogP contribution in [0.2, 0.25) is 0 Å². The van der Waals surface area contributed by atoms with Gasteiger partial charge < -0.3 is 26.4 Å². The van der Waals surface area contributed by atoms with Crippen molar-refractivity contribution in [2.75, 3.05) is 13.1 Å². The van der Waals surface area contributed by atoms with E-state index in [1.54, 1.807) is 6.92 Å². The van der Waals surface area contributed by atoms with Crippen LogP contribution in [0.5, 0.6) is 0 Å². The Balaban J connectivity index is 1.64. The monoisotopic (exact) mass is 586 g/mol. The normalized spacial score (nSPS) is 12.7. The van der Waals surface area contributed by atoms with E-state index in [1.807, 2.05) is 87.5 Å². The van der Waals surface area contributed by atoms with Crippen LogP contribution in [0.15, 0.2) is 78.9 Å². The van der Waals surface area contributed by atoms with Crippen molar-refractivity contribution in [2.45, 2.75) is 77.6 Å². The highest BCUT2D eigenvalue weighted by atomic mass is 16.3. The average molecular weight is 587 g/mol. The highest BCUT2D eigenvalue weighted by Crippen LogP contribution is 2.24. The van der Waals surface area contributed by atoms with E-state index in [0.29, 0.717) is 31.6 Å². The van der Waals surface area contributed by atoms with Gasteiger partial charge in [-0.3, -0.25) is 14.4 Å². The summed E-state index contributed by atoms with van der Waals surface area (Å²) in [5, 5.41) is 21.6. The van der Waals surface area contributed by atoms with Gasteiger partial charge in [0.25, 0.3) is 5.91 Å². The summed E-state index contributed by atoms with van der Waals surface area (Å²) < 4.78 is 0. The third kappa shape index (κ3) is 11.3. The van der Waals surface area contributed by atoms with Crippen molar-refractivity contribution in [1.82, 2.24) is 21.3 Å². The number of carbonyl (C=O) groups excluding carboxylic acids is 3. The maximum absolute atomic E-state index is 13.3. The zero-order valence-electron chi connectivity index (χ0n) is 25.8. The Morgan fingerprint density at radius 3 is 2.21 bits per heavy atom. The molecule has 0 aliphatic heterocycles. The lowest BCUT2D eigenvalue weighted by Gasteiger charge is -2.28. The molecule has 0 saturated heterocycles. The first-order valence-corrected chi connectivity index (χ1v) is 15.1. The van der Waals surface area contributed by atoms with Crippen LogP contribution in [0, 0.1) is 0 Å². The van der Waals surface area contributed by atoms with Crippen molar-refractivity contribution in [1.29, 1.82) is 0 Å². The molecule has 0 spiro atoms. The lowest BCUT2D eigenvalue weighted by atomic mass is 9.98. The van der Waals surface area contributed by atoms with Crippen LogP contribution < -0.4 is 21.3 Å². The molecule has 0 radical (unpaired) electrons. The molecule has 0 saturated carbocycles. The minimum atomic E-state index is -0.674. The van der Waals surface area contributed by atoms with E-state index in [0.717, 1.165) is 29.5 Å². The number of aliphatic hydroxyl groups is 1. The van der Waals surface area contributed by atoms with Crippen molar-refractivity contribution < 1.29 is 19.5 Å². The molecule has 0 heterocycles. The molecule has 3 aromatic carbocycles. The summed E-state index contributed by atoms with van der Waals surface area (Å²) in [6.07, 6.45) is 1.70. The molecule has 5 N–H and O–H groups in total. The van der Waals surface area contributed by atoms with Crippen LogP contribution in [-0.2, 0) is 22.6 Å². The van der Waals surface area contributed by atoms with Crippen molar-refractivity contribution in [2.24, 2.45) is 0 Å². The molecule has 8 nitrogen and oxygen atoms in total. The van der Waals surface area contributed by atoms with Crippen molar-refractivity contribution in [3.8, 4) is 11.1 Å². The average Bonchev–Trinajstić information content (AvgIpc) is 2.99.